The standard InChI is InChI=1S/C20H22N4O2/c1-12-9-18(15-5-4-6-16(10-15)26-3)23-19-17(11-21-24(12)19)20(25)22-13(2)14-7-8-14/h4-6,9-11,13-14H,7-8H2,1-3H3,(H,22,25). The lowest BCUT2D eigenvalue weighted by Crippen LogP contribution is -2.34. The normalized spacial score (nSPS) is 15.0. The Balaban J connectivity index is 1.73. The maximum absolute atomic E-state index is 12.7. The lowest BCUT2D eigenvalue weighted by molar-refractivity contribution is 0.0937. The molecule has 2 aromatic heterocycles. The van der Waals surface area contributed by atoms with Crippen LogP contribution in [-0.2, 0) is 0 Å². The fourth-order valence-electron chi connectivity index (χ4n) is 3.20. The summed E-state index contributed by atoms with van der Waals surface area (Å²) in [5.74, 6) is 1.25. The molecule has 1 saturated carbocycles. The number of methoxy groups -OCH3 is 1. The molecule has 1 N–H and O–H groups in total. The molecular formula is C20H22N4O2. The number of benzene rings is 1. The van der Waals surface area contributed by atoms with E-state index in [0.717, 1.165) is 22.7 Å². The van der Waals surface area contributed by atoms with Gasteiger partial charge in [-0.3, -0.25) is 4.79 Å². The van der Waals surface area contributed by atoms with Crippen molar-refractivity contribution in [2.24, 2.45) is 5.92 Å². The van der Waals surface area contributed by atoms with Crippen molar-refractivity contribution in [1.82, 2.24) is 19.9 Å². The molecule has 1 aromatic carbocycles. The van der Waals surface area contributed by atoms with Gasteiger partial charge in [0, 0.05) is 17.3 Å². The van der Waals surface area contributed by atoms with E-state index >= 15 is 0 Å². The SMILES string of the molecule is COc1cccc(-c2cc(C)n3ncc(C(=O)NC(C)C4CC4)c3n2)c1. The molecule has 0 spiro atoms. The number of nitrogens with one attached hydrogen (secondary N) is 1. The predicted octanol–water partition coefficient (Wildman–Crippen LogP) is 3.24. The number of hydrogen-bond acceptors (Lipinski definition) is 4. The maximum Gasteiger partial charge on any atom is 0.256 e. The van der Waals surface area contributed by atoms with Gasteiger partial charge in [-0.2, -0.15) is 5.10 Å². The van der Waals surface area contributed by atoms with E-state index in [1.54, 1.807) is 17.8 Å². The molecule has 26 heavy (non-hydrogen) atoms. The summed E-state index contributed by atoms with van der Waals surface area (Å²) in [6.07, 6.45) is 3.97. The van der Waals surface area contributed by atoms with Gasteiger partial charge in [0.25, 0.3) is 5.91 Å². The van der Waals surface area contributed by atoms with Crippen LogP contribution in [0.3, 0.4) is 0 Å². The Bertz CT molecular complexity index is 975. The van der Waals surface area contributed by atoms with Gasteiger partial charge in [-0.05, 0) is 50.8 Å². The number of aromatic nitrogens is 3. The molecule has 3 aromatic rings. The number of carbonyl (C=O) groups excluding carboxylic acids is 1. The quantitative estimate of drug-likeness (QED) is 0.767. The maximum atomic E-state index is 12.7. The molecule has 6 heteroatoms. The monoisotopic (exact) mass is 350 g/mol. The van der Waals surface area contributed by atoms with Crippen molar-refractivity contribution in [3.63, 3.8) is 0 Å². The second-order valence-corrected chi connectivity index (χ2v) is 6.91. The molecule has 1 aliphatic rings. The van der Waals surface area contributed by atoms with Crippen molar-refractivity contribution >= 4 is 11.6 Å². The number of hydrogen-bond donors (Lipinski definition) is 1. The molecule has 1 amide bonds. The smallest absolute Gasteiger partial charge is 0.256 e. The Morgan fingerprint density at radius 3 is 2.88 bits per heavy atom. The molecule has 2 heterocycles. The van der Waals surface area contributed by atoms with Gasteiger partial charge in [-0.15, -0.1) is 0 Å². The Labute approximate surface area is 152 Å². The molecule has 0 radical (unpaired) electrons. The summed E-state index contributed by atoms with van der Waals surface area (Å²) in [6, 6.07) is 9.88. The lowest BCUT2D eigenvalue weighted by Gasteiger charge is -2.12. The highest BCUT2D eigenvalue weighted by atomic mass is 16.5. The van der Waals surface area contributed by atoms with Gasteiger partial charge >= 0.3 is 0 Å². The predicted molar refractivity (Wildman–Crippen MR) is 99.4 cm³/mol. The third-order valence-corrected chi connectivity index (χ3v) is 4.95. The minimum atomic E-state index is -0.117. The largest absolute Gasteiger partial charge is 0.497 e. The third kappa shape index (κ3) is 3.03. The number of ether oxygens (including phenoxy) is 1. The topological polar surface area (TPSA) is 68.5 Å². The zero-order valence-corrected chi connectivity index (χ0v) is 15.2. The van der Waals surface area contributed by atoms with Crippen LogP contribution in [0.1, 0.15) is 35.8 Å². The van der Waals surface area contributed by atoms with Gasteiger partial charge in [0.05, 0.1) is 19.0 Å². The van der Waals surface area contributed by atoms with Crippen molar-refractivity contribution in [3.8, 4) is 17.0 Å². The van der Waals surface area contributed by atoms with E-state index < -0.39 is 0 Å². The van der Waals surface area contributed by atoms with Crippen LogP contribution in [0.15, 0.2) is 36.5 Å². The zero-order valence-electron chi connectivity index (χ0n) is 15.2. The molecule has 6 nitrogen and oxygen atoms in total. The number of amides is 1. The van der Waals surface area contributed by atoms with E-state index in [0.29, 0.717) is 17.1 Å². The summed E-state index contributed by atoms with van der Waals surface area (Å²) in [4.78, 5) is 17.4. The molecule has 1 unspecified atom stereocenters. The zero-order chi connectivity index (χ0) is 18.3. The highest BCUT2D eigenvalue weighted by Gasteiger charge is 2.30. The molecule has 0 saturated heterocycles. The van der Waals surface area contributed by atoms with Crippen LogP contribution in [-0.4, -0.2) is 33.7 Å². The van der Waals surface area contributed by atoms with Gasteiger partial charge in [0.1, 0.15) is 11.3 Å². The number of rotatable bonds is 5. The summed E-state index contributed by atoms with van der Waals surface area (Å²) >= 11 is 0. The second kappa shape index (κ2) is 6.44. The lowest BCUT2D eigenvalue weighted by atomic mass is 10.1. The van der Waals surface area contributed by atoms with Crippen molar-refractivity contribution < 1.29 is 9.53 Å². The van der Waals surface area contributed by atoms with E-state index in [9.17, 15) is 4.79 Å². The number of aryl methyl sites for hydroxylation is 1. The molecule has 4 rings (SSSR count). The number of carbonyl (C=O) groups is 1. The molecule has 0 bridgehead atoms. The van der Waals surface area contributed by atoms with Crippen LogP contribution in [0.25, 0.3) is 16.9 Å². The minimum absolute atomic E-state index is 0.117. The summed E-state index contributed by atoms with van der Waals surface area (Å²) in [6.45, 7) is 4.02. The average Bonchev–Trinajstić information content (AvgIpc) is 3.41. The first-order valence-corrected chi connectivity index (χ1v) is 8.87. The Kier molecular flexibility index (Phi) is 4.11. The van der Waals surface area contributed by atoms with E-state index in [2.05, 4.69) is 17.3 Å². The summed E-state index contributed by atoms with van der Waals surface area (Å²) in [5, 5.41) is 7.43. The van der Waals surface area contributed by atoms with Crippen molar-refractivity contribution in [1.29, 1.82) is 0 Å². The first kappa shape index (κ1) is 16.6. The van der Waals surface area contributed by atoms with Crippen LogP contribution in [0, 0.1) is 12.8 Å². The van der Waals surface area contributed by atoms with Crippen LogP contribution in [0.4, 0.5) is 0 Å². The first-order valence-electron chi connectivity index (χ1n) is 8.87. The minimum Gasteiger partial charge on any atom is -0.497 e. The van der Waals surface area contributed by atoms with E-state index in [1.165, 1.54) is 12.8 Å². The van der Waals surface area contributed by atoms with Crippen LogP contribution in [0.5, 0.6) is 5.75 Å². The summed E-state index contributed by atoms with van der Waals surface area (Å²) < 4.78 is 7.01. The van der Waals surface area contributed by atoms with Crippen LogP contribution in [0.2, 0.25) is 0 Å². The average molecular weight is 350 g/mol. The summed E-state index contributed by atoms with van der Waals surface area (Å²) in [7, 11) is 1.64. The Hall–Kier alpha value is -2.89. The molecule has 1 atom stereocenters. The van der Waals surface area contributed by atoms with E-state index in [1.807, 2.05) is 37.3 Å². The van der Waals surface area contributed by atoms with Crippen molar-refractivity contribution in [2.75, 3.05) is 7.11 Å². The van der Waals surface area contributed by atoms with Crippen LogP contribution < -0.4 is 10.1 Å². The molecule has 1 aliphatic carbocycles. The first-order chi connectivity index (χ1) is 12.6. The highest BCUT2D eigenvalue weighted by molar-refractivity contribution is 6.00. The Morgan fingerprint density at radius 2 is 2.15 bits per heavy atom. The van der Waals surface area contributed by atoms with Gasteiger partial charge in [0.2, 0.25) is 0 Å². The van der Waals surface area contributed by atoms with Gasteiger partial charge in [-0.25, -0.2) is 9.50 Å². The van der Waals surface area contributed by atoms with Crippen LogP contribution >= 0.6 is 0 Å². The fraction of sp³-hybridized carbons (Fsp3) is 0.350. The van der Waals surface area contributed by atoms with E-state index in [-0.39, 0.29) is 11.9 Å². The van der Waals surface area contributed by atoms with E-state index in [4.69, 9.17) is 9.72 Å². The molecule has 0 aliphatic heterocycles. The third-order valence-electron chi connectivity index (χ3n) is 4.95. The van der Waals surface area contributed by atoms with Gasteiger partial charge < -0.3 is 10.1 Å². The fourth-order valence-corrected chi connectivity index (χ4v) is 3.20. The molecule has 134 valence electrons. The van der Waals surface area contributed by atoms with Crippen molar-refractivity contribution in [3.05, 3.63) is 47.8 Å². The summed E-state index contributed by atoms with van der Waals surface area (Å²) in [5.41, 5.74) is 3.73. The van der Waals surface area contributed by atoms with Gasteiger partial charge in [0.15, 0.2) is 5.65 Å². The highest BCUT2D eigenvalue weighted by Crippen LogP contribution is 2.32. The second-order valence-electron chi connectivity index (χ2n) is 6.91. The molecular weight excluding hydrogens is 328 g/mol. The van der Waals surface area contributed by atoms with Crippen molar-refractivity contribution in [2.45, 2.75) is 32.7 Å². The molecule has 1 fully saturated rings. The Morgan fingerprint density at radius 1 is 1.35 bits per heavy atom. The van der Waals surface area contributed by atoms with Gasteiger partial charge in [-0.1, -0.05) is 12.1 Å². The number of fused-ring (bicyclic) bond motifs is 1. The number of nitrogens with zero attached hydrogens (tertiary/aromatic N) is 3.